The highest BCUT2D eigenvalue weighted by Gasteiger charge is 2.38. The number of fused-ring (bicyclic) bond motifs is 1. The van der Waals surface area contributed by atoms with E-state index in [1.54, 1.807) is 12.1 Å². The lowest BCUT2D eigenvalue weighted by atomic mass is 10.1. The predicted octanol–water partition coefficient (Wildman–Crippen LogP) is 1.91. The molecule has 2 N–H and O–H groups in total. The van der Waals surface area contributed by atoms with E-state index in [2.05, 4.69) is 25.6 Å². The second-order valence-electron chi connectivity index (χ2n) is 7.23. The molecule has 0 bridgehead atoms. The van der Waals surface area contributed by atoms with E-state index < -0.39 is 29.7 Å². The van der Waals surface area contributed by atoms with Gasteiger partial charge < -0.3 is 5.32 Å². The van der Waals surface area contributed by atoms with Gasteiger partial charge in [0.1, 0.15) is 23.5 Å². The standard InChI is InChI=1S/C19H17F4N7O2/c1-29-15-9-13(19(21,22)23)28-30(15)7-6-12(18(29)32)24-17(31)16-25-14(26-27-16)8-10-2-4-11(20)5-3-10/h2-5,9,12H,6-8H2,1H3,(H,24,31)(H,25,26,27)/t12-/m1/s1. The van der Waals surface area contributed by atoms with Crippen molar-refractivity contribution in [2.75, 3.05) is 11.9 Å². The summed E-state index contributed by atoms with van der Waals surface area (Å²) < 4.78 is 52.9. The van der Waals surface area contributed by atoms with Crippen LogP contribution in [-0.4, -0.2) is 49.9 Å². The third-order valence-corrected chi connectivity index (χ3v) is 4.98. The van der Waals surface area contributed by atoms with Gasteiger partial charge in [0.05, 0.1) is 0 Å². The van der Waals surface area contributed by atoms with Crippen molar-refractivity contribution in [2.45, 2.75) is 31.6 Å². The number of rotatable bonds is 4. The van der Waals surface area contributed by atoms with Gasteiger partial charge >= 0.3 is 6.18 Å². The number of hydrogen-bond acceptors (Lipinski definition) is 5. The fourth-order valence-corrected chi connectivity index (χ4v) is 3.33. The number of hydrogen-bond donors (Lipinski definition) is 2. The molecule has 3 aromatic rings. The first-order valence-electron chi connectivity index (χ1n) is 9.51. The van der Waals surface area contributed by atoms with Gasteiger partial charge in [-0.3, -0.25) is 19.6 Å². The van der Waals surface area contributed by atoms with Crippen molar-refractivity contribution in [3.63, 3.8) is 0 Å². The first-order chi connectivity index (χ1) is 15.1. The van der Waals surface area contributed by atoms with E-state index in [9.17, 15) is 27.2 Å². The summed E-state index contributed by atoms with van der Waals surface area (Å²) in [7, 11) is 1.31. The zero-order chi connectivity index (χ0) is 23.0. The third kappa shape index (κ3) is 4.31. The topological polar surface area (TPSA) is 109 Å². The predicted molar refractivity (Wildman–Crippen MR) is 102 cm³/mol. The van der Waals surface area contributed by atoms with Gasteiger partial charge in [-0.2, -0.15) is 18.3 Å². The lowest BCUT2D eigenvalue weighted by Gasteiger charge is -2.19. The van der Waals surface area contributed by atoms with Crippen LogP contribution in [0.5, 0.6) is 0 Å². The number of aryl methyl sites for hydroxylation is 1. The van der Waals surface area contributed by atoms with Crippen LogP contribution in [0, 0.1) is 5.82 Å². The molecule has 13 heteroatoms. The highest BCUT2D eigenvalue weighted by atomic mass is 19.4. The Morgan fingerprint density at radius 2 is 2.00 bits per heavy atom. The number of carbonyl (C=O) groups excluding carboxylic acids is 2. The summed E-state index contributed by atoms with van der Waals surface area (Å²) >= 11 is 0. The number of nitrogens with zero attached hydrogens (tertiary/aromatic N) is 5. The molecule has 4 rings (SSSR count). The number of H-pyrrole nitrogens is 1. The van der Waals surface area contributed by atoms with Crippen LogP contribution >= 0.6 is 0 Å². The van der Waals surface area contributed by atoms with Crippen molar-refractivity contribution in [1.82, 2.24) is 30.3 Å². The Labute approximate surface area is 178 Å². The zero-order valence-electron chi connectivity index (χ0n) is 16.6. The fraction of sp³-hybridized carbons (Fsp3) is 0.316. The normalized spacial score (nSPS) is 16.6. The Morgan fingerprint density at radius 3 is 2.69 bits per heavy atom. The minimum atomic E-state index is -4.63. The Morgan fingerprint density at radius 1 is 1.28 bits per heavy atom. The molecule has 9 nitrogen and oxygen atoms in total. The molecule has 3 heterocycles. The van der Waals surface area contributed by atoms with Crippen molar-refractivity contribution in [2.24, 2.45) is 0 Å². The maximum Gasteiger partial charge on any atom is 0.435 e. The van der Waals surface area contributed by atoms with Gasteiger partial charge in [-0.05, 0) is 24.1 Å². The molecular formula is C19H17F4N7O2. The molecule has 0 unspecified atom stereocenters. The maximum atomic E-state index is 13.0. The number of likely N-dealkylation sites (N-methyl/N-ethyl adjacent to an activating group) is 1. The number of carbonyl (C=O) groups is 2. The number of alkyl halides is 3. The maximum absolute atomic E-state index is 13.0. The van der Waals surface area contributed by atoms with Gasteiger partial charge in [0.25, 0.3) is 11.8 Å². The number of aromatic amines is 1. The molecule has 2 aromatic heterocycles. The molecule has 0 aliphatic carbocycles. The van der Waals surface area contributed by atoms with Gasteiger partial charge in [0.2, 0.25) is 5.82 Å². The summed E-state index contributed by atoms with van der Waals surface area (Å²) in [4.78, 5) is 30.4. The van der Waals surface area contributed by atoms with Crippen LogP contribution in [0.4, 0.5) is 23.4 Å². The molecular weight excluding hydrogens is 434 g/mol. The molecule has 0 spiro atoms. The van der Waals surface area contributed by atoms with Gasteiger partial charge in [0.15, 0.2) is 5.69 Å². The van der Waals surface area contributed by atoms with Gasteiger partial charge in [-0.15, -0.1) is 5.10 Å². The summed E-state index contributed by atoms with van der Waals surface area (Å²) in [5.41, 5.74) is -0.341. The molecule has 32 heavy (non-hydrogen) atoms. The van der Waals surface area contributed by atoms with Crippen LogP contribution < -0.4 is 10.2 Å². The summed E-state index contributed by atoms with van der Waals surface area (Å²) in [5, 5.41) is 12.5. The van der Waals surface area contributed by atoms with E-state index in [0.717, 1.165) is 21.2 Å². The average Bonchev–Trinajstić information content (AvgIpc) is 3.36. The molecule has 0 radical (unpaired) electrons. The molecule has 1 aromatic carbocycles. The second kappa shape index (κ2) is 8.05. The lowest BCUT2D eigenvalue weighted by molar-refractivity contribution is -0.141. The first-order valence-corrected chi connectivity index (χ1v) is 9.51. The van der Waals surface area contributed by atoms with Crippen molar-refractivity contribution in [3.05, 3.63) is 59.1 Å². The van der Waals surface area contributed by atoms with Gasteiger partial charge in [0, 0.05) is 26.1 Å². The van der Waals surface area contributed by atoms with E-state index in [4.69, 9.17) is 0 Å². The van der Waals surface area contributed by atoms with E-state index in [1.165, 1.54) is 19.2 Å². The van der Waals surface area contributed by atoms with Gasteiger partial charge in [-0.25, -0.2) is 14.1 Å². The molecule has 1 aliphatic rings. The lowest BCUT2D eigenvalue weighted by Crippen LogP contribution is -2.47. The SMILES string of the molecule is CN1C(=O)[C@H](NC(=O)c2n[nH]c(Cc3ccc(F)cc3)n2)CCn2nc(C(F)(F)F)cc21. The smallest absolute Gasteiger partial charge is 0.337 e. The van der Waals surface area contributed by atoms with Crippen LogP contribution in [-0.2, 0) is 23.9 Å². The second-order valence-corrected chi connectivity index (χ2v) is 7.23. The highest BCUT2D eigenvalue weighted by molar-refractivity contribution is 6.00. The Hall–Kier alpha value is -3.77. The van der Waals surface area contributed by atoms with E-state index in [-0.39, 0.29) is 36.8 Å². The summed E-state index contributed by atoms with van der Waals surface area (Å²) in [5.74, 6) is -1.52. The molecule has 2 amide bonds. The van der Waals surface area contributed by atoms with Crippen molar-refractivity contribution in [3.8, 4) is 0 Å². The number of amides is 2. The van der Waals surface area contributed by atoms with Crippen molar-refractivity contribution >= 4 is 17.6 Å². The van der Waals surface area contributed by atoms with Crippen LogP contribution in [0.1, 0.15) is 34.1 Å². The van der Waals surface area contributed by atoms with Crippen molar-refractivity contribution in [1.29, 1.82) is 0 Å². The summed E-state index contributed by atoms with van der Waals surface area (Å²) in [6.07, 6.45) is -4.31. The monoisotopic (exact) mass is 451 g/mol. The van der Waals surface area contributed by atoms with Crippen LogP contribution in [0.3, 0.4) is 0 Å². The largest absolute Gasteiger partial charge is 0.435 e. The summed E-state index contributed by atoms with van der Waals surface area (Å²) in [6.45, 7) is -0.00372. The number of anilines is 1. The molecule has 1 atom stereocenters. The molecule has 0 saturated carbocycles. The minimum Gasteiger partial charge on any atom is -0.337 e. The van der Waals surface area contributed by atoms with Crippen LogP contribution in [0.2, 0.25) is 0 Å². The van der Waals surface area contributed by atoms with Crippen LogP contribution in [0.25, 0.3) is 0 Å². The average molecular weight is 451 g/mol. The molecule has 1 aliphatic heterocycles. The third-order valence-electron chi connectivity index (χ3n) is 4.98. The number of aromatic nitrogens is 5. The number of halogens is 4. The Bertz CT molecular complexity index is 1150. The molecule has 0 fully saturated rings. The number of nitrogens with one attached hydrogen (secondary N) is 2. The minimum absolute atomic E-state index is 0.00372. The Balaban J connectivity index is 1.43. The van der Waals surface area contributed by atoms with E-state index in [1.807, 2.05) is 0 Å². The first kappa shape index (κ1) is 21.5. The number of benzene rings is 1. The molecule has 0 saturated heterocycles. The fourth-order valence-electron chi connectivity index (χ4n) is 3.33. The highest BCUT2D eigenvalue weighted by Crippen LogP contribution is 2.32. The Kier molecular flexibility index (Phi) is 5.40. The zero-order valence-corrected chi connectivity index (χ0v) is 16.6. The quantitative estimate of drug-likeness (QED) is 0.590. The molecule has 168 valence electrons. The van der Waals surface area contributed by atoms with E-state index in [0.29, 0.717) is 5.82 Å². The van der Waals surface area contributed by atoms with E-state index >= 15 is 0 Å². The van der Waals surface area contributed by atoms with Crippen molar-refractivity contribution < 1.29 is 27.2 Å². The van der Waals surface area contributed by atoms with Crippen LogP contribution in [0.15, 0.2) is 30.3 Å². The summed E-state index contributed by atoms with van der Waals surface area (Å²) in [6, 6.07) is 5.55. The van der Waals surface area contributed by atoms with Gasteiger partial charge in [-0.1, -0.05) is 12.1 Å².